The van der Waals surface area contributed by atoms with Crippen molar-refractivity contribution in [3.8, 4) is 0 Å². The summed E-state index contributed by atoms with van der Waals surface area (Å²) < 4.78 is 35.8. The second-order valence-corrected chi connectivity index (χ2v) is 9.11. The topological polar surface area (TPSA) is 145 Å². The van der Waals surface area contributed by atoms with Crippen molar-refractivity contribution in [3.05, 3.63) is 54.0 Å². The second kappa shape index (κ2) is 7.29. The van der Waals surface area contributed by atoms with Crippen LogP contribution in [-0.4, -0.2) is 47.5 Å². The molecule has 1 aliphatic heterocycles. The number of rotatable bonds is 3. The predicted molar refractivity (Wildman–Crippen MR) is 119 cm³/mol. The highest BCUT2D eigenvalue weighted by Crippen LogP contribution is 2.51. The smallest absolute Gasteiger partial charge is 0.165 e. The maximum Gasteiger partial charge on any atom is 0.165 e. The van der Waals surface area contributed by atoms with Gasteiger partial charge in [0, 0.05) is 11.6 Å². The normalized spacial score (nSPS) is 28.7. The van der Waals surface area contributed by atoms with E-state index in [4.69, 9.17) is 16.2 Å². The molecule has 1 unspecified atom stereocenters. The van der Waals surface area contributed by atoms with Crippen LogP contribution in [0, 0.1) is 17.6 Å². The number of nitrogen functional groups attached to an aromatic ring is 2. The number of nitrogens with two attached hydrogens (primary N) is 2. The standard InChI is InChI=1S/C23H22F2N6O3/c24-13-7-11-2-1-10(6-15(11)30-19(13)26)5-12-3-4-23(33)17(32)22(34-18(12)23)31-8-14(25)16-20(27)28-9-29-21(16)31/h1-2,6-9,12,17-18,22,32-33H,3-5H2,(H2,26,30)(H2,27,28,29)/t12-,17?,18+,22+,23-/m0/s1. The van der Waals surface area contributed by atoms with Crippen molar-refractivity contribution in [2.75, 3.05) is 11.5 Å². The summed E-state index contributed by atoms with van der Waals surface area (Å²) in [7, 11) is 0. The summed E-state index contributed by atoms with van der Waals surface area (Å²) >= 11 is 0. The number of benzene rings is 1. The fourth-order valence-electron chi connectivity index (χ4n) is 5.45. The molecule has 2 aliphatic rings. The summed E-state index contributed by atoms with van der Waals surface area (Å²) in [6, 6.07) is 6.81. The fraction of sp³-hybridized carbons (Fsp3) is 0.348. The lowest BCUT2D eigenvalue weighted by Crippen LogP contribution is -2.45. The maximum absolute atomic E-state index is 14.6. The number of anilines is 2. The van der Waals surface area contributed by atoms with Crippen LogP contribution in [0.3, 0.4) is 0 Å². The second-order valence-electron chi connectivity index (χ2n) is 9.11. The van der Waals surface area contributed by atoms with Crippen molar-refractivity contribution >= 4 is 33.6 Å². The van der Waals surface area contributed by atoms with E-state index in [0.29, 0.717) is 30.2 Å². The van der Waals surface area contributed by atoms with Crippen LogP contribution in [0.15, 0.2) is 36.8 Å². The number of ether oxygens (including phenoxy) is 1. The number of aromatic nitrogens is 4. The lowest BCUT2D eigenvalue weighted by Gasteiger charge is -2.26. The Morgan fingerprint density at radius 3 is 2.79 bits per heavy atom. The van der Waals surface area contributed by atoms with Gasteiger partial charge in [0.2, 0.25) is 0 Å². The van der Waals surface area contributed by atoms with E-state index >= 15 is 0 Å². The Balaban J connectivity index is 1.31. The van der Waals surface area contributed by atoms with E-state index in [-0.39, 0.29) is 28.6 Å². The van der Waals surface area contributed by atoms with E-state index in [0.717, 1.165) is 11.8 Å². The Morgan fingerprint density at radius 2 is 1.97 bits per heavy atom. The van der Waals surface area contributed by atoms with Gasteiger partial charge in [0.25, 0.3) is 0 Å². The third-order valence-corrected chi connectivity index (χ3v) is 7.13. The van der Waals surface area contributed by atoms with Crippen molar-refractivity contribution in [2.24, 2.45) is 5.92 Å². The van der Waals surface area contributed by atoms with Gasteiger partial charge in [-0.25, -0.2) is 23.7 Å². The Bertz CT molecular complexity index is 1450. The molecule has 11 heteroatoms. The third-order valence-electron chi connectivity index (χ3n) is 7.13. The number of aliphatic hydroxyl groups excluding tert-OH is 1. The van der Waals surface area contributed by atoms with Crippen LogP contribution in [0.1, 0.15) is 24.6 Å². The summed E-state index contributed by atoms with van der Waals surface area (Å²) in [4.78, 5) is 12.0. The van der Waals surface area contributed by atoms with Crippen molar-refractivity contribution in [3.63, 3.8) is 0 Å². The molecule has 4 aromatic rings. The number of hydrogen-bond acceptors (Lipinski definition) is 8. The van der Waals surface area contributed by atoms with Gasteiger partial charge in [-0.2, -0.15) is 0 Å². The first-order valence-electron chi connectivity index (χ1n) is 10.9. The van der Waals surface area contributed by atoms with E-state index in [2.05, 4.69) is 15.0 Å². The minimum absolute atomic E-state index is 0.0176. The molecule has 34 heavy (non-hydrogen) atoms. The quantitative estimate of drug-likeness (QED) is 0.358. The van der Waals surface area contributed by atoms with Crippen LogP contribution in [0.25, 0.3) is 21.9 Å². The molecular weight excluding hydrogens is 446 g/mol. The Hall–Kier alpha value is -3.41. The molecule has 6 rings (SSSR count). The van der Waals surface area contributed by atoms with Crippen LogP contribution in [0.5, 0.6) is 0 Å². The molecule has 176 valence electrons. The summed E-state index contributed by atoms with van der Waals surface area (Å²) in [5.41, 5.74) is 11.6. The molecule has 2 fully saturated rings. The Kier molecular flexibility index (Phi) is 4.54. The first-order valence-corrected chi connectivity index (χ1v) is 10.9. The maximum atomic E-state index is 14.6. The molecule has 6 N–H and O–H groups in total. The predicted octanol–water partition coefficient (Wildman–Crippen LogP) is 2.06. The van der Waals surface area contributed by atoms with Gasteiger partial charge < -0.3 is 31.0 Å². The molecule has 0 amide bonds. The number of fused-ring (bicyclic) bond motifs is 3. The van der Waals surface area contributed by atoms with Gasteiger partial charge in [-0.3, -0.25) is 0 Å². The number of nitrogens with zero attached hydrogens (tertiary/aromatic N) is 4. The van der Waals surface area contributed by atoms with E-state index in [1.807, 2.05) is 12.1 Å². The minimum atomic E-state index is -1.50. The lowest BCUT2D eigenvalue weighted by atomic mass is 9.90. The van der Waals surface area contributed by atoms with Gasteiger partial charge in [0.15, 0.2) is 29.3 Å². The third kappa shape index (κ3) is 2.97. The van der Waals surface area contributed by atoms with E-state index in [1.165, 1.54) is 17.0 Å². The Morgan fingerprint density at radius 1 is 1.15 bits per heavy atom. The number of pyridine rings is 1. The van der Waals surface area contributed by atoms with Crippen molar-refractivity contribution in [1.82, 2.24) is 19.5 Å². The molecule has 0 radical (unpaired) electrons. The average molecular weight is 468 g/mol. The number of aliphatic hydroxyl groups is 2. The molecule has 1 saturated heterocycles. The van der Waals surface area contributed by atoms with E-state index < -0.39 is 35.7 Å². The first-order chi connectivity index (χ1) is 16.3. The van der Waals surface area contributed by atoms with Crippen LogP contribution in [-0.2, 0) is 11.2 Å². The molecule has 1 aliphatic carbocycles. The van der Waals surface area contributed by atoms with E-state index in [1.54, 1.807) is 6.07 Å². The van der Waals surface area contributed by atoms with Crippen LogP contribution in [0.4, 0.5) is 20.4 Å². The molecule has 0 bridgehead atoms. The van der Waals surface area contributed by atoms with Gasteiger partial charge >= 0.3 is 0 Å². The Labute approximate surface area is 192 Å². The highest BCUT2D eigenvalue weighted by molar-refractivity contribution is 5.87. The van der Waals surface area contributed by atoms with Gasteiger partial charge in [-0.05, 0) is 42.9 Å². The van der Waals surface area contributed by atoms with Gasteiger partial charge in [0.05, 0.1) is 17.0 Å². The van der Waals surface area contributed by atoms with Crippen molar-refractivity contribution in [2.45, 2.75) is 43.3 Å². The van der Waals surface area contributed by atoms with Crippen molar-refractivity contribution < 1.29 is 23.7 Å². The molecule has 1 saturated carbocycles. The molecule has 4 heterocycles. The molecule has 0 spiro atoms. The minimum Gasteiger partial charge on any atom is -0.385 e. The zero-order valence-electron chi connectivity index (χ0n) is 17.9. The SMILES string of the molecule is Nc1nc2cc(C[C@@H]3CC[C@]4(O)C(O)[C@H](n5cc(F)c6c(N)ncnc65)O[C@H]34)ccc2cc1F. The van der Waals surface area contributed by atoms with Crippen LogP contribution < -0.4 is 11.5 Å². The molecule has 3 aromatic heterocycles. The monoisotopic (exact) mass is 468 g/mol. The molecular formula is C23H22F2N6O3. The summed E-state index contributed by atoms with van der Waals surface area (Å²) in [6.45, 7) is 0. The first kappa shape index (κ1) is 21.1. The van der Waals surface area contributed by atoms with Gasteiger partial charge in [0.1, 0.15) is 23.9 Å². The largest absolute Gasteiger partial charge is 0.385 e. The van der Waals surface area contributed by atoms with Gasteiger partial charge in [-0.15, -0.1) is 0 Å². The van der Waals surface area contributed by atoms with Crippen molar-refractivity contribution in [1.29, 1.82) is 0 Å². The molecule has 9 nitrogen and oxygen atoms in total. The summed E-state index contributed by atoms with van der Waals surface area (Å²) in [5.74, 6) is -1.51. The highest BCUT2D eigenvalue weighted by Gasteiger charge is 2.61. The molecule has 5 atom stereocenters. The van der Waals surface area contributed by atoms with Gasteiger partial charge in [-0.1, -0.05) is 12.1 Å². The number of hydrogen-bond donors (Lipinski definition) is 4. The zero-order chi connectivity index (χ0) is 23.8. The van der Waals surface area contributed by atoms with E-state index in [9.17, 15) is 19.0 Å². The van der Waals surface area contributed by atoms with Crippen LogP contribution in [0.2, 0.25) is 0 Å². The fourth-order valence-corrected chi connectivity index (χ4v) is 5.45. The summed E-state index contributed by atoms with van der Waals surface area (Å²) in [6.07, 6.45) is 0.822. The lowest BCUT2D eigenvalue weighted by molar-refractivity contribution is -0.0675. The van der Waals surface area contributed by atoms with Crippen LogP contribution >= 0.6 is 0 Å². The summed E-state index contributed by atoms with van der Waals surface area (Å²) in [5, 5.41) is 23.1. The number of halogens is 2. The zero-order valence-corrected chi connectivity index (χ0v) is 17.9. The molecule has 1 aromatic carbocycles. The highest BCUT2D eigenvalue weighted by atomic mass is 19.1. The average Bonchev–Trinajstić information content (AvgIpc) is 3.39.